The lowest BCUT2D eigenvalue weighted by Gasteiger charge is -2.18. The van der Waals surface area contributed by atoms with Gasteiger partial charge < -0.3 is 4.98 Å². The maximum Gasteiger partial charge on any atom is 0.179 e. The predicted molar refractivity (Wildman–Crippen MR) is 77.4 cm³/mol. The fraction of sp³-hybridized carbons (Fsp3) is 0.692. The van der Waals surface area contributed by atoms with E-state index < -0.39 is 0 Å². The van der Waals surface area contributed by atoms with Gasteiger partial charge in [0.05, 0.1) is 5.69 Å². The zero-order valence-electron chi connectivity index (χ0n) is 11.8. The Labute approximate surface area is 113 Å². The van der Waals surface area contributed by atoms with Crippen molar-refractivity contribution in [1.82, 2.24) is 19.3 Å². The highest BCUT2D eigenvalue weighted by Gasteiger charge is 2.19. The molecule has 0 bridgehead atoms. The van der Waals surface area contributed by atoms with Gasteiger partial charge in [-0.25, -0.2) is 0 Å². The Morgan fingerprint density at radius 1 is 1.33 bits per heavy atom. The van der Waals surface area contributed by atoms with Crippen molar-refractivity contribution in [3.8, 4) is 0 Å². The Balaban J connectivity index is 2.68. The molecule has 0 aliphatic rings. The lowest BCUT2D eigenvalue weighted by Crippen LogP contribution is -2.13. The molecular formula is C13H22N4S. The van der Waals surface area contributed by atoms with Crippen LogP contribution in [0.15, 0.2) is 0 Å². The number of H-pyrrole nitrogens is 1. The van der Waals surface area contributed by atoms with Crippen molar-refractivity contribution in [3.05, 3.63) is 10.5 Å². The zero-order valence-corrected chi connectivity index (χ0v) is 12.6. The summed E-state index contributed by atoms with van der Waals surface area (Å²) in [6.45, 7) is 8.81. The van der Waals surface area contributed by atoms with Crippen LogP contribution in [0.5, 0.6) is 0 Å². The summed E-state index contributed by atoms with van der Waals surface area (Å²) in [7, 11) is 1.99. The van der Waals surface area contributed by atoms with Gasteiger partial charge in [-0.05, 0) is 31.5 Å². The van der Waals surface area contributed by atoms with Crippen molar-refractivity contribution in [2.45, 2.75) is 46.6 Å². The van der Waals surface area contributed by atoms with Gasteiger partial charge in [0.25, 0.3) is 0 Å². The van der Waals surface area contributed by atoms with E-state index in [1.165, 1.54) is 0 Å². The van der Waals surface area contributed by atoms with E-state index in [-0.39, 0.29) is 0 Å². The first kappa shape index (κ1) is 13.3. The van der Waals surface area contributed by atoms with E-state index in [0.717, 1.165) is 34.5 Å². The van der Waals surface area contributed by atoms with Crippen molar-refractivity contribution in [2.24, 2.45) is 13.0 Å². The average molecular weight is 266 g/mol. The van der Waals surface area contributed by atoms with Crippen LogP contribution in [0.2, 0.25) is 0 Å². The fourth-order valence-electron chi connectivity index (χ4n) is 2.32. The molecule has 0 aromatic carbocycles. The van der Waals surface area contributed by atoms with Gasteiger partial charge in [-0.1, -0.05) is 27.2 Å². The largest absolute Gasteiger partial charge is 0.328 e. The third kappa shape index (κ3) is 2.00. The second-order valence-electron chi connectivity index (χ2n) is 5.30. The highest BCUT2D eigenvalue weighted by molar-refractivity contribution is 7.71. The smallest absolute Gasteiger partial charge is 0.179 e. The van der Waals surface area contributed by atoms with Gasteiger partial charge in [0.1, 0.15) is 5.52 Å². The fourth-order valence-corrected chi connectivity index (χ4v) is 2.68. The Hall–Kier alpha value is -1.10. The third-order valence-corrected chi connectivity index (χ3v) is 3.93. The molecular weight excluding hydrogens is 244 g/mol. The van der Waals surface area contributed by atoms with Gasteiger partial charge in [0.2, 0.25) is 0 Å². The minimum atomic E-state index is 0.371. The van der Waals surface area contributed by atoms with Crippen LogP contribution >= 0.6 is 12.2 Å². The quantitative estimate of drug-likeness (QED) is 0.859. The number of hydrogen-bond donors (Lipinski definition) is 1. The first-order valence-corrected chi connectivity index (χ1v) is 7.04. The van der Waals surface area contributed by atoms with Crippen LogP contribution in [0.1, 0.15) is 45.9 Å². The molecule has 5 heteroatoms. The van der Waals surface area contributed by atoms with Gasteiger partial charge in [0, 0.05) is 13.1 Å². The Morgan fingerprint density at radius 3 is 2.56 bits per heavy atom. The van der Waals surface area contributed by atoms with Crippen LogP contribution in [-0.2, 0) is 13.5 Å². The summed E-state index contributed by atoms with van der Waals surface area (Å²) in [6, 6.07) is 0.371. The Bertz CT molecular complexity index is 602. The number of fused-ring (bicyclic) bond motifs is 1. The molecule has 1 N–H and O–H groups in total. The van der Waals surface area contributed by atoms with Crippen LogP contribution in [0.4, 0.5) is 0 Å². The molecule has 1 unspecified atom stereocenters. The van der Waals surface area contributed by atoms with E-state index in [0.29, 0.717) is 12.0 Å². The van der Waals surface area contributed by atoms with Gasteiger partial charge in [-0.15, -0.1) is 0 Å². The zero-order chi connectivity index (χ0) is 13.4. The number of nitrogens with one attached hydrogen (secondary N) is 1. The third-order valence-electron chi connectivity index (χ3n) is 3.63. The highest BCUT2D eigenvalue weighted by atomic mass is 32.1. The number of aryl methyl sites for hydroxylation is 2. The van der Waals surface area contributed by atoms with E-state index in [4.69, 9.17) is 12.2 Å². The van der Waals surface area contributed by atoms with E-state index in [2.05, 4.69) is 42.3 Å². The number of rotatable bonds is 4. The SMILES string of the molecule is CCCc1nn(C)c2c1[nH]c(=S)n2C(C)C(C)C. The summed E-state index contributed by atoms with van der Waals surface area (Å²) < 4.78 is 4.95. The maximum absolute atomic E-state index is 5.47. The van der Waals surface area contributed by atoms with Crippen LogP contribution in [0.3, 0.4) is 0 Å². The molecule has 0 spiro atoms. The summed E-state index contributed by atoms with van der Waals surface area (Å²) >= 11 is 5.47. The molecule has 100 valence electrons. The molecule has 0 aliphatic heterocycles. The van der Waals surface area contributed by atoms with Gasteiger partial charge in [0.15, 0.2) is 10.4 Å². The van der Waals surface area contributed by atoms with E-state index in [9.17, 15) is 0 Å². The van der Waals surface area contributed by atoms with Gasteiger partial charge in [-0.2, -0.15) is 5.10 Å². The molecule has 0 saturated carbocycles. The summed E-state index contributed by atoms with van der Waals surface area (Å²) in [5.41, 5.74) is 3.34. The minimum absolute atomic E-state index is 0.371. The van der Waals surface area contributed by atoms with E-state index in [1.807, 2.05) is 11.7 Å². The average Bonchev–Trinajstić information content (AvgIpc) is 2.77. The number of imidazole rings is 1. The lowest BCUT2D eigenvalue weighted by atomic mass is 10.1. The molecule has 1 atom stereocenters. The molecule has 2 heterocycles. The summed E-state index contributed by atoms with van der Waals surface area (Å²) in [5, 5.41) is 4.60. The van der Waals surface area contributed by atoms with Crippen molar-refractivity contribution >= 4 is 23.4 Å². The molecule has 0 aliphatic carbocycles. The molecule has 0 saturated heterocycles. The van der Waals surface area contributed by atoms with E-state index in [1.54, 1.807) is 0 Å². The monoisotopic (exact) mass is 266 g/mol. The Morgan fingerprint density at radius 2 is 2.00 bits per heavy atom. The number of hydrogen-bond acceptors (Lipinski definition) is 2. The predicted octanol–water partition coefficient (Wildman–Crippen LogP) is 3.60. The normalized spacial score (nSPS) is 13.7. The van der Waals surface area contributed by atoms with Crippen molar-refractivity contribution in [2.75, 3.05) is 0 Å². The maximum atomic E-state index is 5.47. The van der Waals surface area contributed by atoms with E-state index >= 15 is 0 Å². The number of nitrogens with zero attached hydrogens (tertiary/aromatic N) is 3. The number of aromatic nitrogens is 4. The summed E-state index contributed by atoms with van der Waals surface area (Å²) in [4.78, 5) is 3.33. The molecule has 0 amide bonds. The first-order chi connectivity index (χ1) is 8.47. The number of aromatic amines is 1. The molecule has 0 radical (unpaired) electrons. The first-order valence-electron chi connectivity index (χ1n) is 6.63. The van der Waals surface area contributed by atoms with Crippen molar-refractivity contribution in [1.29, 1.82) is 0 Å². The molecule has 2 aromatic rings. The topological polar surface area (TPSA) is 38.5 Å². The van der Waals surface area contributed by atoms with Gasteiger partial charge >= 0.3 is 0 Å². The lowest BCUT2D eigenvalue weighted by molar-refractivity contribution is 0.408. The van der Waals surface area contributed by atoms with Gasteiger partial charge in [-0.3, -0.25) is 9.25 Å². The molecule has 2 rings (SSSR count). The molecule has 4 nitrogen and oxygen atoms in total. The molecule has 2 aromatic heterocycles. The van der Waals surface area contributed by atoms with Crippen molar-refractivity contribution in [3.63, 3.8) is 0 Å². The van der Waals surface area contributed by atoms with Crippen LogP contribution in [-0.4, -0.2) is 19.3 Å². The van der Waals surface area contributed by atoms with Crippen LogP contribution < -0.4 is 0 Å². The molecule has 0 fully saturated rings. The Kier molecular flexibility index (Phi) is 3.61. The van der Waals surface area contributed by atoms with Crippen LogP contribution in [0.25, 0.3) is 11.2 Å². The second-order valence-corrected chi connectivity index (χ2v) is 5.69. The van der Waals surface area contributed by atoms with Crippen molar-refractivity contribution < 1.29 is 0 Å². The highest BCUT2D eigenvalue weighted by Crippen LogP contribution is 2.26. The minimum Gasteiger partial charge on any atom is -0.328 e. The second kappa shape index (κ2) is 4.88. The standard InChI is InChI=1S/C13H22N4S/c1-6-7-10-11-12(16(5)15-10)17(13(18)14-11)9(4)8(2)3/h8-9H,6-7H2,1-5H3,(H,14,18). The summed E-state index contributed by atoms with van der Waals surface area (Å²) in [5.74, 6) is 0.542. The molecule has 18 heavy (non-hydrogen) atoms. The summed E-state index contributed by atoms with van der Waals surface area (Å²) in [6.07, 6.45) is 2.08. The van der Waals surface area contributed by atoms with Crippen LogP contribution in [0, 0.1) is 10.7 Å².